The summed E-state index contributed by atoms with van der Waals surface area (Å²) in [6, 6.07) is 8.41. The summed E-state index contributed by atoms with van der Waals surface area (Å²) in [5.41, 5.74) is 2.18. The van der Waals surface area contributed by atoms with Gasteiger partial charge >= 0.3 is 0 Å². The molecule has 1 fully saturated rings. The number of ether oxygens (including phenoxy) is 1. The molecule has 2 N–H and O–H groups in total. The third-order valence-electron chi connectivity index (χ3n) is 3.69. The second kappa shape index (κ2) is 8.16. The third-order valence-corrected chi connectivity index (χ3v) is 3.69. The molecule has 1 aliphatic heterocycles. The van der Waals surface area contributed by atoms with Gasteiger partial charge in [-0.2, -0.15) is 0 Å². The number of morpholine rings is 1. The fraction of sp³-hybridized carbons (Fsp3) is 0.529. The molecular weight excluding hydrogens is 266 g/mol. The lowest BCUT2D eigenvalue weighted by Gasteiger charge is -2.37. The van der Waals surface area contributed by atoms with E-state index in [2.05, 4.69) is 29.7 Å². The van der Waals surface area contributed by atoms with Crippen molar-refractivity contribution in [3.8, 4) is 11.8 Å². The average molecular weight is 289 g/mol. The number of hydrogen-bond acceptors (Lipinski definition) is 4. The first-order valence-corrected chi connectivity index (χ1v) is 7.38. The van der Waals surface area contributed by atoms with Crippen LogP contribution >= 0.6 is 0 Å². The van der Waals surface area contributed by atoms with Gasteiger partial charge in [-0.1, -0.05) is 30.0 Å². The Balaban J connectivity index is 2.10. The molecule has 4 nitrogen and oxygen atoms in total. The summed E-state index contributed by atoms with van der Waals surface area (Å²) in [7, 11) is 0. The van der Waals surface area contributed by atoms with Crippen molar-refractivity contribution in [1.82, 2.24) is 4.90 Å². The second-order valence-corrected chi connectivity index (χ2v) is 5.35. The fourth-order valence-corrected chi connectivity index (χ4v) is 2.42. The van der Waals surface area contributed by atoms with E-state index in [0.717, 1.165) is 18.7 Å². The number of benzene rings is 1. The largest absolute Gasteiger partial charge is 0.395 e. The molecule has 1 aromatic carbocycles. The van der Waals surface area contributed by atoms with Crippen LogP contribution in [-0.4, -0.2) is 53.6 Å². The monoisotopic (exact) mass is 289 g/mol. The highest BCUT2D eigenvalue weighted by molar-refractivity contribution is 5.41. The zero-order chi connectivity index (χ0) is 15.1. The number of nitrogens with zero attached hydrogens (tertiary/aromatic N) is 1. The quantitative estimate of drug-likeness (QED) is 0.812. The SMILES string of the molecule is CC1COC(CO)CN1Cc1ccccc1C#CCCO. The van der Waals surface area contributed by atoms with E-state index in [0.29, 0.717) is 19.1 Å². The number of aliphatic hydroxyl groups is 2. The van der Waals surface area contributed by atoms with Gasteiger partial charge in [0.2, 0.25) is 0 Å². The van der Waals surface area contributed by atoms with Crippen LogP contribution in [0.4, 0.5) is 0 Å². The Bertz CT molecular complexity index is 506. The standard InChI is InChI=1S/C17H23NO3/c1-14-13-21-17(12-20)11-18(14)10-16-8-3-2-6-15(16)7-4-5-9-19/h2-3,6,8,14,17,19-20H,5,9-13H2,1H3. The summed E-state index contributed by atoms with van der Waals surface area (Å²) in [6.07, 6.45) is 0.392. The maximum absolute atomic E-state index is 9.26. The summed E-state index contributed by atoms with van der Waals surface area (Å²) in [6.45, 7) is 4.45. The van der Waals surface area contributed by atoms with E-state index in [1.807, 2.05) is 18.2 Å². The van der Waals surface area contributed by atoms with Crippen molar-refractivity contribution in [2.75, 3.05) is 26.4 Å². The van der Waals surface area contributed by atoms with Crippen molar-refractivity contribution in [3.63, 3.8) is 0 Å². The van der Waals surface area contributed by atoms with Gasteiger partial charge in [0.15, 0.2) is 0 Å². The van der Waals surface area contributed by atoms with Crippen LogP contribution in [0.1, 0.15) is 24.5 Å². The maximum atomic E-state index is 9.26. The highest BCUT2D eigenvalue weighted by atomic mass is 16.5. The molecule has 114 valence electrons. The van der Waals surface area contributed by atoms with Crippen LogP contribution < -0.4 is 0 Å². The molecule has 21 heavy (non-hydrogen) atoms. The molecule has 2 rings (SSSR count). The van der Waals surface area contributed by atoms with Crippen LogP contribution in [0.15, 0.2) is 24.3 Å². The number of rotatable bonds is 4. The molecule has 2 atom stereocenters. The molecule has 0 amide bonds. The zero-order valence-electron chi connectivity index (χ0n) is 12.5. The Kier molecular flexibility index (Phi) is 6.21. The smallest absolute Gasteiger partial charge is 0.0933 e. The van der Waals surface area contributed by atoms with Crippen molar-refractivity contribution in [2.45, 2.75) is 32.0 Å². The topological polar surface area (TPSA) is 52.9 Å². The first-order valence-electron chi connectivity index (χ1n) is 7.38. The van der Waals surface area contributed by atoms with E-state index in [1.54, 1.807) is 0 Å². The molecule has 1 aromatic rings. The van der Waals surface area contributed by atoms with Crippen molar-refractivity contribution >= 4 is 0 Å². The normalized spacial score (nSPS) is 22.6. The van der Waals surface area contributed by atoms with Gasteiger partial charge in [-0.15, -0.1) is 0 Å². The van der Waals surface area contributed by atoms with Crippen LogP contribution in [0.25, 0.3) is 0 Å². The van der Waals surface area contributed by atoms with Crippen LogP contribution in [0, 0.1) is 11.8 Å². The molecule has 0 radical (unpaired) electrons. The van der Waals surface area contributed by atoms with Crippen molar-refractivity contribution < 1.29 is 14.9 Å². The van der Waals surface area contributed by atoms with Gasteiger partial charge in [-0.25, -0.2) is 0 Å². The molecule has 1 aliphatic rings. The van der Waals surface area contributed by atoms with Gasteiger partial charge < -0.3 is 14.9 Å². The first kappa shape index (κ1) is 16.0. The van der Waals surface area contributed by atoms with E-state index >= 15 is 0 Å². The van der Waals surface area contributed by atoms with E-state index in [9.17, 15) is 5.11 Å². The van der Waals surface area contributed by atoms with Crippen molar-refractivity contribution in [3.05, 3.63) is 35.4 Å². The summed E-state index contributed by atoms with van der Waals surface area (Å²) in [5.74, 6) is 6.10. The molecule has 1 saturated heterocycles. The Morgan fingerprint density at radius 2 is 2.14 bits per heavy atom. The Morgan fingerprint density at radius 3 is 2.90 bits per heavy atom. The van der Waals surface area contributed by atoms with Crippen LogP contribution in [-0.2, 0) is 11.3 Å². The molecular formula is C17H23NO3. The van der Waals surface area contributed by atoms with E-state index in [-0.39, 0.29) is 19.3 Å². The minimum Gasteiger partial charge on any atom is -0.395 e. The molecule has 4 heteroatoms. The second-order valence-electron chi connectivity index (χ2n) is 5.35. The third kappa shape index (κ3) is 4.55. The van der Waals surface area contributed by atoms with Gasteiger partial charge in [0, 0.05) is 31.1 Å². The Labute approximate surface area is 126 Å². The molecule has 0 aromatic heterocycles. The molecule has 0 spiro atoms. The highest BCUT2D eigenvalue weighted by Crippen LogP contribution is 2.17. The molecule has 1 heterocycles. The molecule has 0 aliphatic carbocycles. The summed E-state index contributed by atoms with van der Waals surface area (Å²) >= 11 is 0. The van der Waals surface area contributed by atoms with Gasteiger partial charge in [0.25, 0.3) is 0 Å². The highest BCUT2D eigenvalue weighted by Gasteiger charge is 2.25. The van der Waals surface area contributed by atoms with Crippen molar-refractivity contribution in [1.29, 1.82) is 0 Å². The lowest BCUT2D eigenvalue weighted by molar-refractivity contribution is -0.0805. The lowest BCUT2D eigenvalue weighted by Crippen LogP contribution is -2.48. The maximum Gasteiger partial charge on any atom is 0.0933 e. The lowest BCUT2D eigenvalue weighted by atomic mass is 10.1. The Hall–Kier alpha value is -1.38. The fourth-order valence-electron chi connectivity index (χ4n) is 2.42. The van der Waals surface area contributed by atoms with E-state index < -0.39 is 0 Å². The first-order chi connectivity index (χ1) is 10.2. The van der Waals surface area contributed by atoms with Gasteiger partial charge in [-0.05, 0) is 18.6 Å². The molecule has 2 unspecified atom stereocenters. The predicted molar refractivity (Wildman–Crippen MR) is 81.7 cm³/mol. The van der Waals surface area contributed by atoms with Crippen LogP contribution in [0.3, 0.4) is 0 Å². The van der Waals surface area contributed by atoms with Gasteiger partial charge in [-0.3, -0.25) is 4.90 Å². The van der Waals surface area contributed by atoms with Gasteiger partial charge in [0.1, 0.15) is 0 Å². The van der Waals surface area contributed by atoms with Crippen LogP contribution in [0.5, 0.6) is 0 Å². The zero-order valence-corrected chi connectivity index (χ0v) is 12.5. The van der Waals surface area contributed by atoms with E-state index in [1.165, 1.54) is 5.56 Å². The summed E-state index contributed by atoms with van der Waals surface area (Å²) in [5, 5.41) is 18.1. The average Bonchev–Trinajstić information content (AvgIpc) is 2.51. The van der Waals surface area contributed by atoms with Crippen LogP contribution in [0.2, 0.25) is 0 Å². The number of aliphatic hydroxyl groups excluding tert-OH is 2. The van der Waals surface area contributed by atoms with Gasteiger partial charge in [0.05, 0.1) is 25.9 Å². The summed E-state index contributed by atoms with van der Waals surface area (Å²) < 4.78 is 5.57. The minimum absolute atomic E-state index is 0.0567. The Morgan fingerprint density at radius 1 is 1.33 bits per heavy atom. The minimum atomic E-state index is -0.103. The molecule has 0 saturated carbocycles. The van der Waals surface area contributed by atoms with Crippen molar-refractivity contribution in [2.24, 2.45) is 0 Å². The number of hydrogen-bond donors (Lipinski definition) is 2. The summed E-state index contributed by atoms with van der Waals surface area (Å²) in [4.78, 5) is 2.32. The van der Waals surface area contributed by atoms with E-state index in [4.69, 9.17) is 9.84 Å². The molecule has 0 bridgehead atoms. The predicted octanol–water partition coefficient (Wildman–Crippen LogP) is 1.00.